The molecule has 1 heterocycles. The van der Waals surface area contributed by atoms with E-state index in [2.05, 4.69) is 15.6 Å². The Labute approximate surface area is 147 Å². The zero-order valence-electron chi connectivity index (χ0n) is 15.1. The zero-order chi connectivity index (χ0) is 18.7. The monoisotopic (exact) mass is 341 g/mol. The summed E-state index contributed by atoms with van der Waals surface area (Å²) in [7, 11) is 0. The molecule has 1 atom stereocenters. The second-order valence-corrected chi connectivity index (χ2v) is 6.17. The first-order valence-corrected chi connectivity index (χ1v) is 8.09. The molecule has 3 N–H and O–H groups in total. The van der Waals surface area contributed by atoms with Gasteiger partial charge in [0, 0.05) is 29.6 Å². The smallest absolute Gasteiger partial charge is 0.221 e. The normalized spacial score (nSPS) is 11.7. The number of carbonyl (C=O) groups is 3. The van der Waals surface area contributed by atoms with Crippen molar-refractivity contribution >= 4 is 28.8 Å². The summed E-state index contributed by atoms with van der Waals surface area (Å²) >= 11 is 0. The number of amides is 1. The van der Waals surface area contributed by atoms with Crippen LogP contribution in [0.2, 0.25) is 0 Å². The van der Waals surface area contributed by atoms with E-state index in [4.69, 9.17) is 0 Å². The summed E-state index contributed by atoms with van der Waals surface area (Å²) < 4.78 is 0. The molecule has 0 spiro atoms. The van der Waals surface area contributed by atoms with Crippen molar-refractivity contribution in [3.63, 3.8) is 0 Å². The first-order chi connectivity index (χ1) is 11.7. The van der Waals surface area contributed by atoms with Gasteiger partial charge in [0.05, 0.1) is 11.7 Å². The second-order valence-electron chi connectivity index (χ2n) is 6.17. The lowest BCUT2D eigenvalue weighted by atomic mass is 10.0. The quantitative estimate of drug-likeness (QED) is 0.702. The topological polar surface area (TPSA) is 91.1 Å². The molecule has 6 nitrogen and oxygen atoms in total. The molecular formula is C19H23N3O3. The van der Waals surface area contributed by atoms with Gasteiger partial charge in [-0.05, 0) is 57.5 Å². The lowest BCUT2D eigenvalue weighted by molar-refractivity contribution is -0.114. The van der Waals surface area contributed by atoms with Gasteiger partial charge in [-0.3, -0.25) is 14.4 Å². The van der Waals surface area contributed by atoms with Gasteiger partial charge in [0.2, 0.25) is 11.7 Å². The third-order valence-electron chi connectivity index (χ3n) is 4.02. The van der Waals surface area contributed by atoms with E-state index in [-0.39, 0.29) is 17.5 Å². The number of rotatable bonds is 6. The molecule has 132 valence electrons. The van der Waals surface area contributed by atoms with Crippen molar-refractivity contribution in [2.75, 3.05) is 10.6 Å². The number of hydrogen-bond acceptors (Lipinski definition) is 4. The van der Waals surface area contributed by atoms with Crippen LogP contribution in [0.25, 0.3) is 0 Å². The maximum absolute atomic E-state index is 12.7. The molecule has 2 aromatic rings. The maximum atomic E-state index is 12.7. The summed E-state index contributed by atoms with van der Waals surface area (Å²) in [5, 5.41) is 5.83. The lowest BCUT2D eigenvalue weighted by Crippen LogP contribution is -2.27. The number of benzene rings is 1. The highest BCUT2D eigenvalue weighted by molar-refractivity contribution is 6.05. The van der Waals surface area contributed by atoms with E-state index in [1.807, 2.05) is 0 Å². The Bertz CT molecular complexity index is 819. The van der Waals surface area contributed by atoms with Crippen LogP contribution in [0.5, 0.6) is 0 Å². The van der Waals surface area contributed by atoms with Gasteiger partial charge in [0.25, 0.3) is 0 Å². The van der Waals surface area contributed by atoms with Crippen LogP contribution < -0.4 is 10.6 Å². The number of Topliss-reactive ketones (excluding diaryl/α,β-unsaturated/α-hetero) is 2. The van der Waals surface area contributed by atoms with Crippen LogP contribution in [0, 0.1) is 13.8 Å². The third kappa shape index (κ3) is 4.15. The van der Waals surface area contributed by atoms with E-state index < -0.39 is 6.04 Å². The molecule has 0 radical (unpaired) electrons. The van der Waals surface area contributed by atoms with Crippen LogP contribution >= 0.6 is 0 Å². The summed E-state index contributed by atoms with van der Waals surface area (Å²) in [5.74, 6) is -0.304. The molecule has 0 saturated heterocycles. The number of anilines is 2. The highest BCUT2D eigenvalue weighted by Gasteiger charge is 2.23. The van der Waals surface area contributed by atoms with Gasteiger partial charge in [0.1, 0.15) is 0 Å². The van der Waals surface area contributed by atoms with Gasteiger partial charge in [-0.1, -0.05) is 0 Å². The van der Waals surface area contributed by atoms with Crippen molar-refractivity contribution in [3.8, 4) is 0 Å². The molecule has 0 bridgehead atoms. The van der Waals surface area contributed by atoms with E-state index in [1.54, 1.807) is 45.0 Å². The van der Waals surface area contributed by atoms with Crippen molar-refractivity contribution in [2.45, 2.75) is 40.7 Å². The molecular weight excluding hydrogens is 318 g/mol. The lowest BCUT2D eigenvalue weighted by Gasteiger charge is -2.14. The number of carbonyl (C=O) groups excluding carboxylic acids is 3. The molecule has 0 aliphatic heterocycles. The molecule has 1 unspecified atom stereocenters. The number of aromatic nitrogens is 1. The number of aryl methyl sites for hydroxylation is 1. The van der Waals surface area contributed by atoms with Crippen molar-refractivity contribution in [2.24, 2.45) is 0 Å². The van der Waals surface area contributed by atoms with Crippen LogP contribution in [0.4, 0.5) is 11.4 Å². The van der Waals surface area contributed by atoms with Gasteiger partial charge >= 0.3 is 0 Å². The van der Waals surface area contributed by atoms with E-state index in [9.17, 15) is 14.4 Å². The Morgan fingerprint density at radius 1 is 1.00 bits per heavy atom. The standard InChI is InChI=1S/C19H23N3O3/c1-10-17(13(4)23)11(2)21-18(10)19(25)12(3)20-15-6-8-16(9-7-15)22-14(5)24/h6-9,12,20-21H,1-5H3,(H,22,24). The SMILES string of the molecule is CC(=O)Nc1ccc(NC(C)C(=O)c2[nH]c(C)c(C(C)=O)c2C)cc1. The second kappa shape index (κ2) is 7.34. The minimum absolute atomic E-state index is 0.0560. The summed E-state index contributed by atoms with van der Waals surface area (Å²) in [6.07, 6.45) is 0. The Balaban J connectivity index is 2.14. The fourth-order valence-corrected chi connectivity index (χ4v) is 2.91. The summed E-state index contributed by atoms with van der Waals surface area (Å²) in [4.78, 5) is 38.5. The first-order valence-electron chi connectivity index (χ1n) is 8.09. The van der Waals surface area contributed by atoms with E-state index >= 15 is 0 Å². The summed E-state index contributed by atoms with van der Waals surface area (Å²) in [6, 6.07) is 6.65. The van der Waals surface area contributed by atoms with Gasteiger partial charge in [-0.25, -0.2) is 0 Å². The van der Waals surface area contributed by atoms with Gasteiger partial charge < -0.3 is 15.6 Å². The molecule has 1 aromatic carbocycles. The average molecular weight is 341 g/mol. The van der Waals surface area contributed by atoms with Crippen LogP contribution in [0.3, 0.4) is 0 Å². The summed E-state index contributed by atoms with van der Waals surface area (Å²) in [5.41, 5.74) is 3.89. The first kappa shape index (κ1) is 18.4. The minimum Gasteiger partial charge on any atom is -0.375 e. The molecule has 6 heteroatoms. The number of aromatic amines is 1. The highest BCUT2D eigenvalue weighted by atomic mass is 16.1. The van der Waals surface area contributed by atoms with Crippen LogP contribution in [0.1, 0.15) is 52.9 Å². The predicted molar refractivity (Wildman–Crippen MR) is 98.4 cm³/mol. The minimum atomic E-state index is -0.469. The van der Waals surface area contributed by atoms with E-state index in [0.29, 0.717) is 28.2 Å². The highest BCUT2D eigenvalue weighted by Crippen LogP contribution is 2.21. The molecule has 1 amide bonds. The van der Waals surface area contributed by atoms with Crippen molar-refractivity contribution < 1.29 is 14.4 Å². The Hall–Kier alpha value is -2.89. The van der Waals surface area contributed by atoms with Gasteiger partial charge in [-0.2, -0.15) is 0 Å². The number of H-pyrrole nitrogens is 1. The molecule has 0 fully saturated rings. The van der Waals surface area contributed by atoms with Crippen LogP contribution in [0.15, 0.2) is 24.3 Å². The molecule has 0 saturated carbocycles. The van der Waals surface area contributed by atoms with Crippen molar-refractivity contribution in [1.82, 2.24) is 4.98 Å². The Morgan fingerprint density at radius 2 is 1.56 bits per heavy atom. The summed E-state index contributed by atoms with van der Waals surface area (Å²) in [6.45, 7) is 8.29. The van der Waals surface area contributed by atoms with Gasteiger partial charge in [-0.15, -0.1) is 0 Å². The molecule has 25 heavy (non-hydrogen) atoms. The Kier molecular flexibility index (Phi) is 5.41. The molecule has 2 rings (SSSR count). The largest absolute Gasteiger partial charge is 0.375 e. The predicted octanol–water partition coefficient (Wildman–Crippen LogP) is 3.48. The van der Waals surface area contributed by atoms with Crippen molar-refractivity contribution in [3.05, 3.63) is 46.8 Å². The third-order valence-corrected chi connectivity index (χ3v) is 4.02. The van der Waals surface area contributed by atoms with Crippen molar-refractivity contribution in [1.29, 1.82) is 0 Å². The van der Waals surface area contributed by atoms with Gasteiger partial charge in [0.15, 0.2) is 5.78 Å². The Morgan fingerprint density at radius 3 is 2.04 bits per heavy atom. The number of hydrogen-bond donors (Lipinski definition) is 3. The van der Waals surface area contributed by atoms with E-state index in [0.717, 1.165) is 5.69 Å². The average Bonchev–Trinajstić information content (AvgIpc) is 2.82. The molecule has 0 aliphatic rings. The number of nitrogens with one attached hydrogen (secondary N) is 3. The maximum Gasteiger partial charge on any atom is 0.221 e. The van der Waals surface area contributed by atoms with Crippen LogP contribution in [-0.2, 0) is 4.79 Å². The molecule has 1 aromatic heterocycles. The molecule has 0 aliphatic carbocycles. The fourth-order valence-electron chi connectivity index (χ4n) is 2.91. The zero-order valence-corrected chi connectivity index (χ0v) is 15.1. The fraction of sp³-hybridized carbons (Fsp3) is 0.316. The number of ketones is 2. The van der Waals surface area contributed by atoms with Crippen LogP contribution in [-0.4, -0.2) is 28.5 Å². The van der Waals surface area contributed by atoms with E-state index in [1.165, 1.54) is 13.8 Å².